The molecule has 0 N–H and O–H groups in total. The first-order valence-electron chi connectivity index (χ1n) is 19.4. The number of nitrogens with zero attached hydrogens (tertiary/aromatic N) is 3. The van der Waals surface area contributed by atoms with Gasteiger partial charge < -0.3 is 8.83 Å². The van der Waals surface area contributed by atoms with Gasteiger partial charge in [0, 0.05) is 43.8 Å². The van der Waals surface area contributed by atoms with Gasteiger partial charge in [-0.3, -0.25) is 0 Å². The molecule has 9 aromatic carbocycles. The Morgan fingerprint density at radius 2 is 0.897 bits per heavy atom. The lowest BCUT2D eigenvalue weighted by atomic mass is 9.93. The van der Waals surface area contributed by atoms with Gasteiger partial charge in [0.25, 0.3) is 0 Å². The first-order chi connectivity index (χ1) is 28.7. The third kappa shape index (κ3) is 5.14. The molecule has 5 heteroatoms. The molecular weight excluding hydrogens is 711 g/mol. The standard InChI is InChI=1S/C53H31N3O2/c1-2-12-32(13-3-1)34-24-27-35(28-25-34)51-54-52(37-29-26-33-14-4-5-15-36(33)30-37)56-53(55-51)43-21-11-23-46-49(43)42-20-10-19-40(50(42)58-46)44-31-47-48(39-17-7-6-16-38(39)44)41-18-8-9-22-45(41)57-47/h1-31H. The molecule has 0 bridgehead atoms. The van der Waals surface area contributed by atoms with Crippen LogP contribution < -0.4 is 0 Å². The molecule has 0 amide bonds. The first-order valence-corrected chi connectivity index (χ1v) is 19.4. The van der Waals surface area contributed by atoms with E-state index in [9.17, 15) is 0 Å². The average Bonchev–Trinajstić information content (AvgIpc) is 3.88. The van der Waals surface area contributed by atoms with E-state index in [1.54, 1.807) is 0 Å². The van der Waals surface area contributed by atoms with Gasteiger partial charge in [-0.25, -0.2) is 15.0 Å². The second kappa shape index (κ2) is 12.8. The number of hydrogen-bond acceptors (Lipinski definition) is 5. The van der Waals surface area contributed by atoms with E-state index in [-0.39, 0.29) is 0 Å². The Hall–Kier alpha value is -7.89. The monoisotopic (exact) mass is 741 g/mol. The van der Waals surface area contributed by atoms with Crippen molar-refractivity contribution in [2.75, 3.05) is 0 Å². The minimum Gasteiger partial charge on any atom is -0.456 e. The van der Waals surface area contributed by atoms with Crippen LogP contribution in [0.3, 0.4) is 0 Å². The van der Waals surface area contributed by atoms with Crippen molar-refractivity contribution < 1.29 is 8.83 Å². The fourth-order valence-electron chi connectivity index (χ4n) is 8.58. The topological polar surface area (TPSA) is 65.0 Å². The number of fused-ring (bicyclic) bond motifs is 9. The Morgan fingerprint density at radius 1 is 0.293 bits per heavy atom. The van der Waals surface area contributed by atoms with Crippen molar-refractivity contribution >= 4 is 65.4 Å². The molecular formula is C53H31N3O2. The van der Waals surface area contributed by atoms with E-state index in [0.717, 1.165) is 104 Å². The van der Waals surface area contributed by atoms with Crippen LogP contribution in [0.15, 0.2) is 197 Å². The van der Waals surface area contributed by atoms with Crippen LogP contribution in [-0.2, 0) is 0 Å². The van der Waals surface area contributed by atoms with Crippen LogP contribution in [0.2, 0.25) is 0 Å². The highest BCUT2D eigenvalue weighted by atomic mass is 16.3. The van der Waals surface area contributed by atoms with Gasteiger partial charge in [-0.05, 0) is 62.5 Å². The zero-order valence-corrected chi connectivity index (χ0v) is 31.1. The van der Waals surface area contributed by atoms with Crippen LogP contribution in [0, 0.1) is 0 Å². The maximum atomic E-state index is 6.85. The van der Waals surface area contributed by atoms with E-state index in [1.165, 1.54) is 0 Å². The maximum Gasteiger partial charge on any atom is 0.164 e. The summed E-state index contributed by atoms with van der Waals surface area (Å²) in [6.07, 6.45) is 0. The van der Waals surface area contributed by atoms with Gasteiger partial charge in [0.1, 0.15) is 22.3 Å². The molecule has 3 heterocycles. The molecule has 0 fully saturated rings. The van der Waals surface area contributed by atoms with E-state index in [0.29, 0.717) is 17.5 Å². The van der Waals surface area contributed by atoms with E-state index >= 15 is 0 Å². The Labute approximate surface area is 332 Å². The van der Waals surface area contributed by atoms with Gasteiger partial charge >= 0.3 is 0 Å². The Kier molecular flexibility index (Phi) is 7.16. The van der Waals surface area contributed by atoms with Crippen LogP contribution in [0.4, 0.5) is 0 Å². The van der Waals surface area contributed by atoms with Crippen molar-refractivity contribution in [3.8, 4) is 56.4 Å². The highest BCUT2D eigenvalue weighted by molar-refractivity contribution is 6.24. The number of rotatable bonds is 5. The number of aromatic nitrogens is 3. The number of furan rings is 2. The molecule has 12 aromatic rings. The molecule has 0 radical (unpaired) electrons. The van der Waals surface area contributed by atoms with Gasteiger partial charge in [0.05, 0.1) is 0 Å². The second-order valence-electron chi connectivity index (χ2n) is 14.7. The van der Waals surface area contributed by atoms with Gasteiger partial charge in [-0.15, -0.1) is 0 Å². The van der Waals surface area contributed by atoms with Crippen molar-refractivity contribution in [3.05, 3.63) is 188 Å². The molecule has 0 spiro atoms. The third-order valence-corrected chi connectivity index (χ3v) is 11.3. The molecule has 58 heavy (non-hydrogen) atoms. The molecule has 0 unspecified atom stereocenters. The highest BCUT2D eigenvalue weighted by Gasteiger charge is 2.22. The summed E-state index contributed by atoms with van der Waals surface area (Å²) in [5, 5.41) is 8.73. The van der Waals surface area contributed by atoms with Crippen LogP contribution in [0.25, 0.3) is 122 Å². The molecule has 3 aromatic heterocycles. The molecule has 270 valence electrons. The molecule has 0 saturated heterocycles. The molecule has 12 rings (SSSR count). The molecule has 0 atom stereocenters. The lowest BCUT2D eigenvalue weighted by Crippen LogP contribution is -2.00. The molecule has 0 aliphatic heterocycles. The van der Waals surface area contributed by atoms with Crippen LogP contribution in [0.5, 0.6) is 0 Å². The quantitative estimate of drug-likeness (QED) is 0.176. The van der Waals surface area contributed by atoms with E-state index in [1.807, 2.05) is 30.3 Å². The number of benzene rings is 9. The second-order valence-corrected chi connectivity index (χ2v) is 14.7. The van der Waals surface area contributed by atoms with Crippen LogP contribution >= 0.6 is 0 Å². The Morgan fingerprint density at radius 3 is 1.76 bits per heavy atom. The maximum absolute atomic E-state index is 6.85. The van der Waals surface area contributed by atoms with Gasteiger partial charge in [-0.1, -0.05) is 164 Å². The Balaban J connectivity index is 1.07. The zero-order chi connectivity index (χ0) is 38.2. The van der Waals surface area contributed by atoms with Crippen molar-refractivity contribution in [1.82, 2.24) is 15.0 Å². The van der Waals surface area contributed by atoms with E-state index in [2.05, 4.69) is 158 Å². The smallest absolute Gasteiger partial charge is 0.164 e. The fraction of sp³-hybridized carbons (Fsp3) is 0. The van der Waals surface area contributed by atoms with Crippen molar-refractivity contribution in [2.45, 2.75) is 0 Å². The minimum atomic E-state index is 0.577. The predicted molar refractivity (Wildman–Crippen MR) is 237 cm³/mol. The summed E-state index contributed by atoms with van der Waals surface area (Å²) in [4.78, 5) is 15.5. The first kappa shape index (κ1) is 32.4. The van der Waals surface area contributed by atoms with Crippen molar-refractivity contribution in [3.63, 3.8) is 0 Å². The highest BCUT2D eigenvalue weighted by Crippen LogP contribution is 2.45. The summed E-state index contributed by atoms with van der Waals surface area (Å²) in [6.45, 7) is 0. The molecule has 0 aliphatic rings. The lowest BCUT2D eigenvalue weighted by Gasteiger charge is -2.11. The number of hydrogen-bond donors (Lipinski definition) is 0. The van der Waals surface area contributed by atoms with Crippen LogP contribution in [0.1, 0.15) is 0 Å². The van der Waals surface area contributed by atoms with Gasteiger partial charge in [-0.2, -0.15) is 0 Å². The van der Waals surface area contributed by atoms with Crippen molar-refractivity contribution in [2.24, 2.45) is 0 Å². The van der Waals surface area contributed by atoms with E-state index < -0.39 is 0 Å². The number of para-hydroxylation sites is 2. The van der Waals surface area contributed by atoms with Gasteiger partial charge in [0.15, 0.2) is 17.5 Å². The summed E-state index contributed by atoms with van der Waals surface area (Å²) in [5.74, 6) is 1.78. The largest absolute Gasteiger partial charge is 0.456 e. The van der Waals surface area contributed by atoms with Crippen LogP contribution in [-0.4, -0.2) is 15.0 Å². The summed E-state index contributed by atoms with van der Waals surface area (Å²) < 4.78 is 13.3. The molecule has 5 nitrogen and oxygen atoms in total. The SMILES string of the molecule is c1ccc(-c2ccc(-c3nc(-c4ccc5ccccc5c4)nc(-c4cccc5oc6c(-c7cc8oc9ccccc9c8c8ccccc78)cccc6c45)n3)cc2)cc1. The molecule has 0 aliphatic carbocycles. The Bertz CT molecular complexity index is 3570. The average molecular weight is 742 g/mol. The summed E-state index contributed by atoms with van der Waals surface area (Å²) in [5.41, 5.74) is 10.3. The zero-order valence-electron chi connectivity index (χ0n) is 31.1. The normalized spacial score (nSPS) is 11.8. The van der Waals surface area contributed by atoms with Gasteiger partial charge in [0.2, 0.25) is 0 Å². The third-order valence-electron chi connectivity index (χ3n) is 11.3. The summed E-state index contributed by atoms with van der Waals surface area (Å²) >= 11 is 0. The predicted octanol–water partition coefficient (Wildman–Crippen LogP) is 14.3. The van der Waals surface area contributed by atoms with E-state index in [4.69, 9.17) is 23.8 Å². The fourth-order valence-corrected chi connectivity index (χ4v) is 8.58. The van der Waals surface area contributed by atoms with Crippen molar-refractivity contribution in [1.29, 1.82) is 0 Å². The lowest BCUT2D eigenvalue weighted by molar-refractivity contribution is 0.668. The summed E-state index contributed by atoms with van der Waals surface area (Å²) in [7, 11) is 0. The molecule has 0 saturated carbocycles. The summed E-state index contributed by atoms with van der Waals surface area (Å²) in [6, 6.07) is 65.0. The minimum absolute atomic E-state index is 0.577.